The average Bonchev–Trinajstić information content (AvgIpc) is 4.24. The number of fused-ring (bicyclic) bond motifs is 11. The number of benzene rings is 12. The zero-order chi connectivity index (χ0) is 50.7. The van der Waals surface area contributed by atoms with Gasteiger partial charge in [0, 0.05) is 44.8 Å². The van der Waals surface area contributed by atoms with Crippen molar-refractivity contribution in [1.29, 1.82) is 0 Å². The van der Waals surface area contributed by atoms with E-state index < -0.39 is 10.8 Å². The van der Waals surface area contributed by atoms with Gasteiger partial charge in [0.1, 0.15) is 0 Å². The fourth-order valence-corrected chi connectivity index (χ4v) is 14.1. The molecule has 1 aromatic heterocycles. The summed E-state index contributed by atoms with van der Waals surface area (Å²) in [6.45, 7) is 0. The van der Waals surface area contributed by atoms with E-state index in [-0.39, 0.29) is 0 Å². The number of aromatic nitrogens is 1. The Morgan fingerprint density at radius 3 is 1.40 bits per heavy atom. The van der Waals surface area contributed by atoms with E-state index in [0.717, 1.165) is 28.4 Å². The SMILES string of the molecule is c1ccc(N2c3ccccc3C3(c4ccccc4)c4cc(N(c5ccc6c(c5)C(c5ccccc5)(c5ccccc5)c5ccccc5-6)c5ccc6c(c5)c5ccccc5n6-c5ccccc5)ccc4-c4cccc2c43)cc1. The van der Waals surface area contributed by atoms with Crippen molar-refractivity contribution in [1.82, 2.24) is 4.57 Å². The summed E-state index contributed by atoms with van der Waals surface area (Å²) in [5.74, 6) is 0. The van der Waals surface area contributed by atoms with Gasteiger partial charge in [0.2, 0.25) is 0 Å². The molecular formula is C74H49N3. The summed E-state index contributed by atoms with van der Waals surface area (Å²) in [6.07, 6.45) is 0. The second-order valence-corrected chi connectivity index (χ2v) is 20.7. The van der Waals surface area contributed by atoms with Crippen molar-refractivity contribution < 1.29 is 0 Å². The highest BCUT2D eigenvalue weighted by molar-refractivity contribution is 6.11. The maximum Gasteiger partial charge on any atom is 0.0755 e. The molecule has 0 N–H and O–H groups in total. The second-order valence-electron chi connectivity index (χ2n) is 20.7. The maximum absolute atomic E-state index is 2.53. The lowest BCUT2D eigenvalue weighted by molar-refractivity contribution is 0.753. The Kier molecular flexibility index (Phi) is 9.47. The maximum atomic E-state index is 2.53. The number of hydrogen-bond donors (Lipinski definition) is 0. The number of anilines is 6. The molecule has 0 bridgehead atoms. The van der Waals surface area contributed by atoms with Crippen molar-refractivity contribution >= 4 is 55.9 Å². The zero-order valence-corrected chi connectivity index (χ0v) is 42.1. The number of hydrogen-bond acceptors (Lipinski definition) is 2. The molecule has 1 atom stereocenters. The molecular weight excluding hydrogens is 931 g/mol. The number of rotatable bonds is 8. The van der Waals surface area contributed by atoms with E-state index in [0.29, 0.717) is 0 Å². The molecule has 3 aliphatic rings. The van der Waals surface area contributed by atoms with Gasteiger partial charge >= 0.3 is 0 Å². The van der Waals surface area contributed by atoms with E-state index in [1.807, 2.05) is 0 Å². The molecule has 3 nitrogen and oxygen atoms in total. The Morgan fingerprint density at radius 1 is 0.273 bits per heavy atom. The van der Waals surface area contributed by atoms with E-state index in [9.17, 15) is 0 Å². The first-order valence-electron chi connectivity index (χ1n) is 26.8. The average molecular weight is 980 g/mol. The van der Waals surface area contributed by atoms with Crippen LogP contribution in [0, 0.1) is 0 Å². The van der Waals surface area contributed by atoms with Crippen LogP contribution >= 0.6 is 0 Å². The Labute approximate surface area is 448 Å². The summed E-state index contributed by atoms with van der Waals surface area (Å²) in [5, 5.41) is 2.41. The minimum atomic E-state index is -0.630. The fourth-order valence-electron chi connectivity index (χ4n) is 14.1. The molecule has 0 saturated carbocycles. The number of para-hydroxylation sites is 4. The van der Waals surface area contributed by atoms with Crippen molar-refractivity contribution in [3.05, 3.63) is 342 Å². The predicted molar refractivity (Wildman–Crippen MR) is 318 cm³/mol. The van der Waals surface area contributed by atoms with Crippen LogP contribution in [0.4, 0.5) is 34.1 Å². The molecule has 360 valence electrons. The minimum Gasteiger partial charge on any atom is -0.310 e. The highest BCUT2D eigenvalue weighted by atomic mass is 15.2. The molecule has 12 aromatic carbocycles. The molecule has 1 aliphatic heterocycles. The van der Waals surface area contributed by atoms with E-state index >= 15 is 0 Å². The standard InChI is InChI=1S/C74H49N3/c1-6-23-50(24-7-1)73(51-25-8-2-9-26-51)64-36-18-16-33-58(64)59-44-41-56(48-66(59)73)75(55-43-46-69-63(47-55)61-34-17-20-38-68(61)76(69)53-29-12-4-13-30-53)57-42-45-60-62-35-22-40-71-72(62)74(67(60)49-57,52-27-10-3-11-28-52)65-37-19-21-39-70(65)77(71)54-31-14-5-15-32-54/h1-49H. The second kappa shape index (κ2) is 16.8. The molecule has 0 amide bonds. The lowest BCUT2D eigenvalue weighted by atomic mass is 9.65. The van der Waals surface area contributed by atoms with Crippen LogP contribution in [-0.4, -0.2) is 4.57 Å². The third-order valence-corrected chi connectivity index (χ3v) is 17.0. The van der Waals surface area contributed by atoms with Crippen LogP contribution in [0.15, 0.2) is 297 Å². The minimum absolute atomic E-state index is 0.576. The van der Waals surface area contributed by atoms with Gasteiger partial charge in [0.05, 0.1) is 33.2 Å². The summed E-state index contributed by atoms with van der Waals surface area (Å²) in [7, 11) is 0. The summed E-state index contributed by atoms with van der Waals surface area (Å²) >= 11 is 0. The van der Waals surface area contributed by atoms with Crippen LogP contribution in [-0.2, 0) is 10.8 Å². The number of nitrogens with zero attached hydrogens (tertiary/aromatic N) is 3. The predicted octanol–water partition coefficient (Wildman–Crippen LogP) is 18.8. The third kappa shape index (κ3) is 6.02. The largest absolute Gasteiger partial charge is 0.310 e. The van der Waals surface area contributed by atoms with Crippen molar-refractivity contribution in [2.75, 3.05) is 9.80 Å². The van der Waals surface area contributed by atoms with Crippen molar-refractivity contribution in [2.24, 2.45) is 0 Å². The Bertz CT molecular complexity index is 4410. The smallest absolute Gasteiger partial charge is 0.0755 e. The van der Waals surface area contributed by atoms with Gasteiger partial charge in [0.25, 0.3) is 0 Å². The van der Waals surface area contributed by atoms with E-state index in [1.54, 1.807) is 0 Å². The van der Waals surface area contributed by atoms with Crippen LogP contribution in [0.25, 0.3) is 49.7 Å². The molecule has 0 spiro atoms. The van der Waals surface area contributed by atoms with E-state index in [1.165, 1.54) is 99.9 Å². The highest BCUT2D eigenvalue weighted by Gasteiger charge is 2.53. The molecule has 13 aromatic rings. The molecule has 1 unspecified atom stereocenters. The van der Waals surface area contributed by atoms with Gasteiger partial charge in [-0.05, 0) is 146 Å². The molecule has 0 saturated heterocycles. The zero-order valence-electron chi connectivity index (χ0n) is 42.1. The summed E-state index contributed by atoms with van der Waals surface area (Å²) in [5.41, 5.74) is 24.2. The van der Waals surface area contributed by atoms with E-state index in [4.69, 9.17) is 0 Å². The van der Waals surface area contributed by atoms with Gasteiger partial charge in [0.15, 0.2) is 0 Å². The first-order valence-corrected chi connectivity index (χ1v) is 26.8. The van der Waals surface area contributed by atoms with Gasteiger partial charge in [-0.2, -0.15) is 0 Å². The Morgan fingerprint density at radius 2 is 0.727 bits per heavy atom. The molecule has 16 rings (SSSR count). The summed E-state index contributed by atoms with van der Waals surface area (Å²) in [4.78, 5) is 5.01. The first-order chi connectivity index (χ1) is 38.2. The lowest BCUT2D eigenvalue weighted by Crippen LogP contribution is -2.36. The molecule has 0 fully saturated rings. The topological polar surface area (TPSA) is 11.4 Å². The van der Waals surface area contributed by atoms with Crippen LogP contribution < -0.4 is 9.80 Å². The van der Waals surface area contributed by atoms with Gasteiger partial charge in [-0.3, -0.25) is 0 Å². The van der Waals surface area contributed by atoms with E-state index in [2.05, 4.69) is 312 Å². The normalized spacial score (nSPS) is 15.1. The molecule has 2 aliphatic carbocycles. The first kappa shape index (κ1) is 43.4. The van der Waals surface area contributed by atoms with Crippen LogP contribution in [0.2, 0.25) is 0 Å². The van der Waals surface area contributed by atoms with Crippen molar-refractivity contribution in [2.45, 2.75) is 10.8 Å². The Hall–Kier alpha value is -9.96. The highest BCUT2D eigenvalue weighted by Crippen LogP contribution is 2.66. The molecule has 2 heterocycles. The third-order valence-electron chi connectivity index (χ3n) is 17.0. The van der Waals surface area contributed by atoms with Gasteiger partial charge in [-0.1, -0.05) is 212 Å². The Balaban J connectivity index is 0.991. The van der Waals surface area contributed by atoms with Gasteiger partial charge < -0.3 is 14.4 Å². The lowest BCUT2D eigenvalue weighted by Gasteiger charge is -2.44. The van der Waals surface area contributed by atoms with Crippen LogP contribution in [0.3, 0.4) is 0 Å². The van der Waals surface area contributed by atoms with Gasteiger partial charge in [-0.25, -0.2) is 0 Å². The quantitative estimate of drug-likeness (QED) is 0.150. The fraction of sp³-hybridized carbons (Fsp3) is 0.0270. The molecule has 77 heavy (non-hydrogen) atoms. The van der Waals surface area contributed by atoms with Gasteiger partial charge in [-0.15, -0.1) is 0 Å². The monoisotopic (exact) mass is 979 g/mol. The van der Waals surface area contributed by atoms with Crippen LogP contribution in [0.5, 0.6) is 0 Å². The van der Waals surface area contributed by atoms with Crippen molar-refractivity contribution in [3.63, 3.8) is 0 Å². The van der Waals surface area contributed by atoms with Crippen molar-refractivity contribution in [3.8, 4) is 27.9 Å². The van der Waals surface area contributed by atoms with Crippen LogP contribution in [0.1, 0.15) is 44.5 Å². The molecule has 3 heteroatoms. The molecule has 0 radical (unpaired) electrons. The summed E-state index contributed by atoms with van der Waals surface area (Å²) < 4.78 is 2.41. The summed E-state index contributed by atoms with van der Waals surface area (Å²) in [6, 6.07) is 111.